The average Bonchev–Trinajstić information content (AvgIpc) is 2.50. The van der Waals surface area contributed by atoms with Crippen molar-refractivity contribution in [3.8, 4) is 0 Å². The van der Waals surface area contributed by atoms with E-state index in [2.05, 4.69) is 10.2 Å². The van der Waals surface area contributed by atoms with Gasteiger partial charge in [0.05, 0.1) is 7.11 Å². The highest BCUT2D eigenvalue weighted by molar-refractivity contribution is 6.03. The Hall–Kier alpha value is -2.39. The maximum absolute atomic E-state index is 13.0. The third-order valence-electron chi connectivity index (χ3n) is 3.26. The van der Waals surface area contributed by atoms with Crippen LogP contribution >= 0.6 is 0 Å². The van der Waals surface area contributed by atoms with Gasteiger partial charge in [0.25, 0.3) is 17.5 Å². The second-order valence-corrected chi connectivity index (χ2v) is 4.74. The Bertz CT molecular complexity index is 645. The number of benzene rings is 1. The minimum atomic E-state index is -5.12. The number of hydrogen-bond acceptors (Lipinski definition) is 4. The smallest absolute Gasteiger partial charge is 0.362 e. The van der Waals surface area contributed by atoms with E-state index < -0.39 is 35.8 Å². The van der Waals surface area contributed by atoms with Crippen LogP contribution in [0.25, 0.3) is 0 Å². The second-order valence-electron chi connectivity index (χ2n) is 4.74. The molecule has 1 atom stereocenters. The molecule has 0 saturated carbocycles. The van der Waals surface area contributed by atoms with Gasteiger partial charge in [0, 0.05) is 12.0 Å². The number of nitrogens with zero attached hydrogens (tertiary/aromatic N) is 1. The molecule has 9 heteroatoms. The van der Waals surface area contributed by atoms with E-state index in [4.69, 9.17) is 0 Å². The molecule has 1 aromatic carbocycles. The van der Waals surface area contributed by atoms with Gasteiger partial charge in [-0.25, -0.2) is 0 Å². The average molecular weight is 330 g/mol. The zero-order valence-corrected chi connectivity index (χ0v) is 11.9. The van der Waals surface area contributed by atoms with Crippen LogP contribution in [0.3, 0.4) is 0 Å². The van der Waals surface area contributed by atoms with E-state index in [1.165, 1.54) is 12.1 Å². The van der Waals surface area contributed by atoms with Crippen molar-refractivity contribution in [1.82, 2.24) is 10.4 Å². The number of halogens is 3. The maximum Gasteiger partial charge on any atom is 0.439 e. The van der Waals surface area contributed by atoms with Gasteiger partial charge in [-0.15, -0.1) is 0 Å². The zero-order chi connectivity index (χ0) is 17.3. The highest BCUT2D eigenvalue weighted by Crippen LogP contribution is 2.39. The molecule has 2 rings (SSSR count). The van der Waals surface area contributed by atoms with Crippen LogP contribution in [0.2, 0.25) is 0 Å². The summed E-state index contributed by atoms with van der Waals surface area (Å²) < 4.78 is 38.9. The van der Waals surface area contributed by atoms with Crippen LogP contribution in [-0.4, -0.2) is 41.0 Å². The van der Waals surface area contributed by atoms with Gasteiger partial charge in [-0.2, -0.15) is 18.2 Å². The molecule has 6 nitrogen and oxygen atoms in total. The predicted molar refractivity (Wildman–Crippen MR) is 71.5 cm³/mol. The van der Waals surface area contributed by atoms with Gasteiger partial charge in [0.1, 0.15) is 5.70 Å². The molecule has 1 aliphatic rings. The van der Waals surface area contributed by atoms with Gasteiger partial charge >= 0.3 is 6.18 Å². The minimum Gasteiger partial charge on any atom is -0.362 e. The van der Waals surface area contributed by atoms with Crippen molar-refractivity contribution in [2.24, 2.45) is 0 Å². The minimum absolute atomic E-state index is 0.201. The van der Waals surface area contributed by atoms with Gasteiger partial charge in [0.15, 0.2) is 0 Å². The Morgan fingerprint density at radius 2 is 1.96 bits per heavy atom. The summed E-state index contributed by atoms with van der Waals surface area (Å²) in [6.45, 7) is 0. The molecule has 1 unspecified atom stereocenters. The molecule has 0 aromatic heterocycles. The van der Waals surface area contributed by atoms with E-state index >= 15 is 0 Å². The standard InChI is InChI=1S/C14H13F3N2O4/c1-23-19-12(21)10(7-8-13(19,22)14(15,16)17)18-11(20)9-5-3-2-4-6-9/h2-7,22H,8H2,1H3,(H,18,20). The van der Waals surface area contributed by atoms with Gasteiger partial charge in [-0.1, -0.05) is 18.2 Å². The Labute approximate surface area is 129 Å². The summed E-state index contributed by atoms with van der Waals surface area (Å²) in [6, 6.07) is 7.82. The van der Waals surface area contributed by atoms with Crippen LogP contribution in [0.5, 0.6) is 0 Å². The number of nitrogens with one attached hydrogen (secondary N) is 1. The quantitative estimate of drug-likeness (QED) is 0.877. The molecule has 2 amide bonds. The van der Waals surface area contributed by atoms with Crippen molar-refractivity contribution in [3.63, 3.8) is 0 Å². The summed E-state index contributed by atoms with van der Waals surface area (Å²) in [6.07, 6.45) is -5.28. The Balaban J connectivity index is 2.26. The molecule has 0 bridgehead atoms. The fourth-order valence-corrected chi connectivity index (χ4v) is 2.05. The molecule has 23 heavy (non-hydrogen) atoms. The first-order valence-electron chi connectivity index (χ1n) is 6.45. The summed E-state index contributed by atoms with van der Waals surface area (Å²) in [7, 11) is 0.816. The lowest BCUT2D eigenvalue weighted by Gasteiger charge is -2.40. The Morgan fingerprint density at radius 3 is 2.48 bits per heavy atom. The van der Waals surface area contributed by atoms with Gasteiger partial charge in [0.2, 0.25) is 0 Å². The molecule has 0 fully saturated rings. The van der Waals surface area contributed by atoms with E-state index in [-0.39, 0.29) is 10.6 Å². The van der Waals surface area contributed by atoms with Crippen molar-refractivity contribution in [2.45, 2.75) is 18.3 Å². The number of amides is 2. The maximum atomic E-state index is 13.0. The first-order valence-corrected chi connectivity index (χ1v) is 6.45. The Kier molecular flexibility index (Phi) is 4.44. The van der Waals surface area contributed by atoms with Gasteiger partial charge in [-0.05, 0) is 18.2 Å². The van der Waals surface area contributed by atoms with Crippen LogP contribution < -0.4 is 5.32 Å². The normalized spacial score (nSPS) is 21.9. The molecule has 2 N–H and O–H groups in total. The molecule has 1 aromatic rings. The van der Waals surface area contributed by atoms with E-state index in [1.807, 2.05) is 0 Å². The lowest BCUT2D eigenvalue weighted by molar-refractivity contribution is -0.370. The first-order chi connectivity index (χ1) is 10.7. The third-order valence-corrected chi connectivity index (χ3v) is 3.26. The molecular weight excluding hydrogens is 317 g/mol. The summed E-state index contributed by atoms with van der Waals surface area (Å²) in [4.78, 5) is 28.4. The number of rotatable bonds is 3. The van der Waals surface area contributed by atoms with Crippen molar-refractivity contribution in [2.75, 3.05) is 7.11 Å². The fourth-order valence-electron chi connectivity index (χ4n) is 2.05. The van der Waals surface area contributed by atoms with Crippen LogP contribution in [0.4, 0.5) is 13.2 Å². The molecule has 124 valence electrons. The van der Waals surface area contributed by atoms with E-state index in [0.717, 1.165) is 13.2 Å². The Morgan fingerprint density at radius 1 is 1.35 bits per heavy atom. The number of carbonyl (C=O) groups excluding carboxylic acids is 2. The van der Waals surface area contributed by atoms with Crippen molar-refractivity contribution >= 4 is 11.8 Å². The molecule has 0 aliphatic carbocycles. The van der Waals surface area contributed by atoms with Crippen molar-refractivity contribution in [1.29, 1.82) is 0 Å². The molecule has 1 aliphatic heterocycles. The molecule has 0 saturated heterocycles. The number of hydroxylamine groups is 2. The summed E-state index contributed by atoms with van der Waals surface area (Å²) in [5.41, 5.74) is -3.67. The molecular formula is C14H13F3N2O4. The zero-order valence-electron chi connectivity index (χ0n) is 11.9. The predicted octanol–water partition coefficient (Wildman–Crippen LogP) is 1.34. The highest BCUT2D eigenvalue weighted by Gasteiger charge is 2.61. The topological polar surface area (TPSA) is 78.9 Å². The van der Waals surface area contributed by atoms with Gasteiger partial charge < -0.3 is 10.4 Å². The monoisotopic (exact) mass is 330 g/mol. The number of aliphatic hydroxyl groups is 1. The number of alkyl halides is 3. The van der Waals surface area contributed by atoms with E-state index in [0.29, 0.717) is 0 Å². The van der Waals surface area contributed by atoms with Crippen molar-refractivity contribution in [3.05, 3.63) is 47.7 Å². The van der Waals surface area contributed by atoms with Crippen LogP contribution in [0, 0.1) is 0 Å². The largest absolute Gasteiger partial charge is 0.439 e. The SMILES string of the molecule is CON1C(=O)C(NC(=O)c2ccccc2)=CCC1(O)C(F)(F)F. The number of carbonyl (C=O) groups is 2. The van der Waals surface area contributed by atoms with Crippen molar-refractivity contribution < 1.29 is 32.7 Å². The van der Waals surface area contributed by atoms with Crippen LogP contribution in [-0.2, 0) is 9.63 Å². The summed E-state index contributed by atoms with van der Waals surface area (Å²) >= 11 is 0. The molecule has 0 radical (unpaired) electrons. The molecule has 0 spiro atoms. The number of hydrogen-bond donors (Lipinski definition) is 2. The fraction of sp³-hybridized carbons (Fsp3) is 0.286. The van der Waals surface area contributed by atoms with E-state index in [1.54, 1.807) is 18.2 Å². The summed E-state index contributed by atoms with van der Waals surface area (Å²) in [5.74, 6) is -1.97. The highest BCUT2D eigenvalue weighted by atomic mass is 19.4. The van der Waals surface area contributed by atoms with E-state index in [9.17, 15) is 27.9 Å². The molecule has 1 heterocycles. The first kappa shape index (κ1) is 17.0. The second kappa shape index (κ2) is 6.01. The lowest BCUT2D eigenvalue weighted by atomic mass is 10.0. The van der Waals surface area contributed by atoms with Gasteiger partial charge in [-0.3, -0.25) is 14.4 Å². The summed E-state index contributed by atoms with van der Waals surface area (Å²) in [5, 5.41) is 11.7. The van der Waals surface area contributed by atoms with Crippen LogP contribution in [0.1, 0.15) is 16.8 Å². The third kappa shape index (κ3) is 3.06. The lowest BCUT2D eigenvalue weighted by Crippen LogP contribution is -2.63. The van der Waals surface area contributed by atoms with Crippen LogP contribution in [0.15, 0.2) is 42.1 Å².